The van der Waals surface area contributed by atoms with Crippen molar-refractivity contribution in [3.63, 3.8) is 0 Å². The summed E-state index contributed by atoms with van der Waals surface area (Å²) in [6, 6.07) is -1.14. The Hall–Kier alpha value is -4.71. The van der Waals surface area contributed by atoms with Crippen LogP contribution in [-0.2, 0) is 54.3 Å². The zero-order valence-electron chi connectivity index (χ0n) is 43.8. The summed E-state index contributed by atoms with van der Waals surface area (Å²) in [5.41, 5.74) is 7.21. The number of allylic oxidation sites excluding steroid dienone is 4. The molecule has 2 aromatic heterocycles. The molecular weight excluding hydrogens is 949 g/mol. The highest BCUT2D eigenvalue weighted by Gasteiger charge is 2.56. The fourth-order valence-electron chi connectivity index (χ4n) is 10.7. The molecule has 3 aliphatic heterocycles. The van der Waals surface area contributed by atoms with Gasteiger partial charge in [0.05, 0.1) is 50.1 Å². The molecule has 73 heavy (non-hydrogen) atoms. The van der Waals surface area contributed by atoms with Gasteiger partial charge in [-0.25, -0.2) is 9.78 Å². The van der Waals surface area contributed by atoms with E-state index in [1.807, 2.05) is 32.9 Å². The molecule has 21 nitrogen and oxygen atoms in total. The Kier molecular flexibility index (Phi) is 22.0. The lowest BCUT2D eigenvalue weighted by molar-refractivity contribution is -0.302. The van der Waals surface area contributed by atoms with E-state index in [2.05, 4.69) is 21.5 Å². The number of fused-ring (bicyclic) bond motifs is 4. The van der Waals surface area contributed by atoms with E-state index >= 15 is 0 Å². The number of anilines is 1. The number of methoxy groups -OCH3 is 3. The van der Waals surface area contributed by atoms with Gasteiger partial charge in [-0.05, 0) is 95.5 Å². The summed E-state index contributed by atoms with van der Waals surface area (Å²) in [7, 11) is 4.61. The summed E-state index contributed by atoms with van der Waals surface area (Å²) in [6.07, 6.45) is 6.36. The topological polar surface area (TPSA) is 297 Å². The largest absolute Gasteiger partial charge is 0.456 e. The van der Waals surface area contributed by atoms with E-state index in [9.17, 15) is 39.3 Å². The number of carbonyl (C=O) groups is 4. The highest BCUT2D eigenvalue weighted by molar-refractivity contribution is 6.39. The second-order valence-corrected chi connectivity index (χ2v) is 20.4. The standard InChI is InChI=1S/C44H69NO12.C8H11N5O3/c1-10-13-31-19-25(2)18-26(3)20-37(54-8)40-38(55-9)22-28(5)44(52,57-40)41(49)42(50)45-17-12-11-14-32(45)43(51)56-39(29(6)34(47)24-35(31)48)27(4)21-30-15-16-33(46)36(23-30)53-7;9-8-11-6-5(7(15)12-8)10-3-13(6)4-16-2-1-14/h10,19,21,26,28-34,36-40,46-47,52H,1,11-18,20,22-24H2,2-9H3;3,14H,1-2,4H2,(H3,9,11,12,15)/b25-19+,27-21+;/t26-,28+,29+,30-,31+,32-,33+,34-,36+,37-,38-,39+,40+,44+;/m0./s1. The number of piperidine rings is 1. The van der Waals surface area contributed by atoms with E-state index in [0.29, 0.717) is 62.6 Å². The summed E-state index contributed by atoms with van der Waals surface area (Å²) >= 11 is 0. The number of ketones is 2. The molecule has 21 heteroatoms. The minimum atomic E-state index is -2.51. The number of rotatable bonds is 11. The number of nitrogens with one attached hydrogen (secondary N) is 1. The molecule has 2 aromatic rings. The smallest absolute Gasteiger partial charge is 0.329 e. The number of carbonyl (C=O) groups excluding carboxylic acids is 4. The quantitative estimate of drug-likeness (QED) is 0.0814. The number of H-pyrrole nitrogens is 1. The lowest BCUT2D eigenvalue weighted by atomic mass is 9.81. The van der Waals surface area contributed by atoms with Crippen molar-refractivity contribution >= 4 is 40.6 Å². The molecule has 1 amide bonds. The van der Waals surface area contributed by atoms with Crippen LogP contribution in [0.5, 0.6) is 0 Å². The lowest BCUT2D eigenvalue weighted by Crippen LogP contribution is -2.64. The van der Waals surface area contributed by atoms with E-state index in [4.69, 9.17) is 39.3 Å². The first kappa shape index (κ1) is 59.2. The minimum Gasteiger partial charge on any atom is -0.456 e. The van der Waals surface area contributed by atoms with Crippen LogP contribution in [0.3, 0.4) is 0 Å². The summed E-state index contributed by atoms with van der Waals surface area (Å²) in [4.78, 5) is 79.4. The van der Waals surface area contributed by atoms with Crippen LogP contribution in [0.15, 0.2) is 47.1 Å². The maximum Gasteiger partial charge on any atom is 0.329 e. The van der Waals surface area contributed by atoms with Crippen molar-refractivity contribution in [1.29, 1.82) is 0 Å². The number of imidazole rings is 1. The van der Waals surface area contributed by atoms with Crippen molar-refractivity contribution in [3.8, 4) is 0 Å². The zero-order valence-corrected chi connectivity index (χ0v) is 43.8. The van der Waals surface area contributed by atoms with Crippen molar-refractivity contribution in [2.75, 3.05) is 46.8 Å². The van der Waals surface area contributed by atoms with Gasteiger partial charge in [-0.2, -0.15) is 4.98 Å². The molecule has 6 rings (SSSR count). The van der Waals surface area contributed by atoms with Crippen molar-refractivity contribution < 1.29 is 68.0 Å². The van der Waals surface area contributed by atoms with Crippen molar-refractivity contribution in [3.05, 3.63) is 52.6 Å². The normalized spacial score (nSPS) is 34.4. The number of nitrogens with zero attached hydrogens (tertiary/aromatic N) is 4. The van der Waals surface area contributed by atoms with Crippen LogP contribution in [0.25, 0.3) is 11.2 Å². The number of aliphatic hydroxyl groups excluding tert-OH is 3. The van der Waals surface area contributed by atoms with Crippen LogP contribution in [0.1, 0.15) is 105 Å². The van der Waals surface area contributed by atoms with Crippen molar-refractivity contribution in [2.24, 2.45) is 29.6 Å². The molecule has 408 valence electrons. The van der Waals surface area contributed by atoms with Crippen LogP contribution in [-0.4, -0.2) is 164 Å². The fraction of sp³-hybridized carbons (Fsp3) is 0.712. The van der Waals surface area contributed by atoms with Crippen molar-refractivity contribution in [2.45, 2.75) is 167 Å². The third-order valence-electron chi connectivity index (χ3n) is 14.8. The third kappa shape index (κ3) is 14.8. The molecule has 7 N–H and O–H groups in total. The molecule has 0 aromatic carbocycles. The fourth-order valence-corrected chi connectivity index (χ4v) is 10.7. The summed E-state index contributed by atoms with van der Waals surface area (Å²) in [5.74, 6) is -7.73. The number of nitrogen functional groups attached to an aromatic ring is 1. The van der Waals surface area contributed by atoms with Gasteiger partial charge in [-0.1, -0.05) is 44.6 Å². The monoisotopic (exact) mass is 1030 g/mol. The highest BCUT2D eigenvalue weighted by Crippen LogP contribution is 2.39. The second-order valence-electron chi connectivity index (χ2n) is 20.4. The molecule has 2 saturated heterocycles. The molecule has 5 heterocycles. The van der Waals surface area contributed by atoms with Gasteiger partial charge in [0.15, 0.2) is 11.2 Å². The Morgan fingerprint density at radius 2 is 1.67 bits per heavy atom. The summed E-state index contributed by atoms with van der Waals surface area (Å²) < 4.78 is 36.4. The minimum absolute atomic E-state index is 0.00988. The van der Waals surface area contributed by atoms with Gasteiger partial charge in [0.2, 0.25) is 11.7 Å². The van der Waals surface area contributed by atoms with E-state index in [0.717, 1.165) is 5.57 Å². The molecule has 1 saturated carbocycles. The maximum absolute atomic E-state index is 14.3. The van der Waals surface area contributed by atoms with Gasteiger partial charge < -0.3 is 59.5 Å². The first-order valence-corrected chi connectivity index (χ1v) is 25.5. The number of nitrogens with two attached hydrogens (primary N) is 1. The number of Topliss-reactive ketones (excluding diaryl/α,β-unsaturated/α-hetero) is 2. The van der Waals surface area contributed by atoms with Gasteiger partial charge in [0.25, 0.3) is 17.2 Å². The number of hydrogen-bond donors (Lipinski definition) is 6. The SMILES string of the molecule is C=CC[C@@H]1/C=C(\C)C[C@H](C)C[C@H](OC)[C@H]2O[C@@](O)(C(=O)C(=O)N3CCCC[C@H]3C(=O)O[C@H](/C(C)=C/[C@@H]3CC[C@@H](O)[C@H](OC)C3)[C@H](C)[C@@H](O)CC1=O)[C@H](C)C[C@@H]2OC.Nc1nc2c(ncn2COCCO)c(=O)[nH]1. The van der Waals surface area contributed by atoms with Crippen LogP contribution < -0.4 is 11.3 Å². The Morgan fingerprint density at radius 3 is 2.34 bits per heavy atom. The molecule has 14 atom stereocenters. The van der Waals surface area contributed by atoms with Gasteiger partial charge in [-0.3, -0.25) is 28.7 Å². The Balaban J connectivity index is 0.000000520. The number of aromatic nitrogens is 4. The number of cyclic esters (lactones) is 1. The van der Waals surface area contributed by atoms with E-state index < -0.39 is 83.9 Å². The van der Waals surface area contributed by atoms with E-state index in [1.54, 1.807) is 27.0 Å². The number of aromatic amines is 1. The molecular formula is C52H80N6O15. The first-order valence-electron chi connectivity index (χ1n) is 25.5. The predicted molar refractivity (Wildman–Crippen MR) is 268 cm³/mol. The molecule has 2 bridgehead atoms. The Morgan fingerprint density at radius 1 is 0.973 bits per heavy atom. The average molecular weight is 1030 g/mol. The van der Waals surface area contributed by atoms with E-state index in [-0.39, 0.29) is 86.5 Å². The molecule has 3 fully saturated rings. The average Bonchev–Trinajstić information content (AvgIpc) is 3.77. The Labute approximate surface area is 427 Å². The van der Waals surface area contributed by atoms with Gasteiger partial charge >= 0.3 is 5.97 Å². The van der Waals surface area contributed by atoms with Crippen LogP contribution in [0.4, 0.5) is 5.95 Å². The van der Waals surface area contributed by atoms with Gasteiger partial charge in [-0.15, -0.1) is 6.58 Å². The van der Waals surface area contributed by atoms with Crippen molar-refractivity contribution in [1.82, 2.24) is 24.4 Å². The van der Waals surface area contributed by atoms with Crippen LogP contribution in [0, 0.1) is 29.6 Å². The third-order valence-corrected chi connectivity index (χ3v) is 14.8. The summed E-state index contributed by atoms with van der Waals surface area (Å²) in [5, 5.41) is 42.7. The maximum atomic E-state index is 14.3. The summed E-state index contributed by atoms with van der Waals surface area (Å²) in [6.45, 7) is 13.4. The Bertz CT molecular complexity index is 2320. The lowest BCUT2D eigenvalue weighted by Gasteiger charge is -2.47. The second kappa shape index (κ2) is 27.2. The molecule has 0 radical (unpaired) electrons. The van der Waals surface area contributed by atoms with E-state index in [1.165, 1.54) is 30.0 Å². The van der Waals surface area contributed by atoms with Gasteiger partial charge in [0, 0.05) is 52.0 Å². The van der Waals surface area contributed by atoms with Crippen LogP contribution >= 0.6 is 0 Å². The number of hydrogen-bond acceptors (Lipinski definition) is 18. The zero-order chi connectivity index (χ0) is 53.7. The predicted octanol–water partition coefficient (Wildman–Crippen LogP) is 3.31. The van der Waals surface area contributed by atoms with Gasteiger partial charge in [0.1, 0.15) is 30.8 Å². The first-order chi connectivity index (χ1) is 34.7. The van der Waals surface area contributed by atoms with Crippen LogP contribution in [0.2, 0.25) is 0 Å². The molecule has 1 aliphatic carbocycles. The molecule has 4 aliphatic rings. The molecule has 0 spiro atoms. The number of amides is 1. The highest BCUT2D eigenvalue weighted by atomic mass is 16.7. The molecule has 0 unspecified atom stereocenters. The number of esters is 1. The number of aliphatic hydroxyl groups is 4. The number of ether oxygens (including phenoxy) is 6.